The second-order valence-electron chi connectivity index (χ2n) is 6.89. The van der Waals surface area contributed by atoms with Crippen molar-refractivity contribution in [2.45, 2.75) is 38.6 Å². The standard InChI is InChI=1S/C19H17ClN2O6/c1-10-17(27-19(23)12-6-14(7-12)28-22(24)25)16-9-26-18(15(16)8-21-10)11-2-4-13(20)5-3-11/h2-5,8,12,14,18H,6-7,9H2,1H3/t12-,14+,18?. The van der Waals surface area contributed by atoms with E-state index in [0.717, 1.165) is 16.7 Å². The van der Waals surface area contributed by atoms with E-state index in [1.807, 2.05) is 12.1 Å². The molecule has 1 saturated carbocycles. The maximum absolute atomic E-state index is 12.4. The molecule has 2 aromatic rings. The average molecular weight is 405 g/mol. The van der Waals surface area contributed by atoms with Crippen LogP contribution in [-0.4, -0.2) is 22.1 Å². The summed E-state index contributed by atoms with van der Waals surface area (Å²) in [7, 11) is 0. The summed E-state index contributed by atoms with van der Waals surface area (Å²) in [5.41, 5.74) is 3.16. The van der Waals surface area contributed by atoms with E-state index < -0.39 is 23.1 Å². The number of pyridine rings is 1. The van der Waals surface area contributed by atoms with Gasteiger partial charge in [0.2, 0.25) is 0 Å². The van der Waals surface area contributed by atoms with Gasteiger partial charge >= 0.3 is 5.97 Å². The van der Waals surface area contributed by atoms with E-state index in [-0.39, 0.29) is 18.9 Å². The molecule has 0 amide bonds. The van der Waals surface area contributed by atoms with E-state index in [4.69, 9.17) is 21.1 Å². The topological polar surface area (TPSA) is 101 Å². The molecule has 0 spiro atoms. The molecule has 8 nitrogen and oxygen atoms in total. The van der Waals surface area contributed by atoms with Crippen LogP contribution in [0.4, 0.5) is 0 Å². The Morgan fingerprint density at radius 2 is 2.04 bits per heavy atom. The summed E-state index contributed by atoms with van der Waals surface area (Å²) in [6.45, 7) is 2.06. The Balaban J connectivity index is 1.51. The molecule has 1 aliphatic carbocycles. The van der Waals surface area contributed by atoms with Gasteiger partial charge in [-0.1, -0.05) is 23.7 Å². The van der Waals surface area contributed by atoms with Crippen LogP contribution in [0.2, 0.25) is 5.02 Å². The van der Waals surface area contributed by atoms with E-state index >= 15 is 0 Å². The van der Waals surface area contributed by atoms with Crippen molar-refractivity contribution in [2.75, 3.05) is 0 Å². The van der Waals surface area contributed by atoms with Crippen molar-refractivity contribution in [1.29, 1.82) is 0 Å². The minimum atomic E-state index is -0.835. The fourth-order valence-corrected chi connectivity index (χ4v) is 3.61. The third-order valence-corrected chi connectivity index (χ3v) is 5.32. The van der Waals surface area contributed by atoms with Crippen LogP contribution in [0, 0.1) is 23.0 Å². The van der Waals surface area contributed by atoms with Gasteiger partial charge in [-0.3, -0.25) is 9.78 Å². The number of rotatable bonds is 5. The van der Waals surface area contributed by atoms with Gasteiger partial charge in [-0.05, 0) is 37.5 Å². The summed E-state index contributed by atoms with van der Waals surface area (Å²) in [5.74, 6) is -0.455. The first-order valence-corrected chi connectivity index (χ1v) is 9.18. The van der Waals surface area contributed by atoms with Gasteiger partial charge < -0.3 is 14.3 Å². The number of esters is 1. The molecule has 0 N–H and O–H groups in total. The lowest BCUT2D eigenvalue weighted by atomic mass is 9.82. The number of halogens is 1. The first-order valence-electron chi connectivity index (χ1n) is 8.80. The summed E-state index contributed by atoms with van der Waals surface area (Å²) < 4.78 is 11.5. The summed E-state index contributed by atoms with van der Waals surface area (Å²) in [6.07, 6.45) is 1.42. The van der Waals surface area contributed by atoms with Crippen molar-refractivity contribution in [3.05, 3.63) is 68.0 Å². The zero-order chi connectivity index (χ0) is 19.8. The van der Waals surface area contributed by atoms with Gasteiger partial charge in [0.15, 0.2) is 5.75 Å². The Morgan fingerprint density at radius 3 is 2.71 bits per heavy atom. The quantitative estimate of drug-likeness (QED) is 0.426. The Bertz CT molecular complexity index is 927. The number of hydrogen-bond donors (Lipinski definition) is 0. The van der Waals surface area contributed by atoms with Gasteiger partial charge in [-0.2, -0.15) is 0 Å². The molecule has 2 aliphatic rings. The molecular weight excluding hydrogens is 388 g/mol. The van der Waals surface area contributed by atoms with E-state index in [9.17, 15) is 14.9 Å². The molecule has 0 bridgehead atoms. The summed E-state index contributed by atoms with van der Waals surface area (Å²) in [5, 5.41) is 10.1. The molecule has 0 radical (unpaired) electrons. The molecule has 1 aromatic carbocycles. The number of benzene rings is 1. The molecule has 1 aromatic heterocycles. The summed E-state index contributed by atoms with van der Waals surface area (Å²) >= 11 is 5.95. The third-order valence-electron chi connectivity index (χ3n) is 5.06. The number of aromatic nitrogens is 1. The number of hydrogen-bond acceptors (Lipinski definition) is 7. The highest BCUT2D eigenvalue weighted by molar-refractivity contribution is 6.30. The van der Waals surface area contributed by atoms with Crippen molar-refractivity contribution in [1.82, 2.24) is 4.98 Å². The predicted octanol–water partition coefficient (Wildman–Crippen LogP) is 3.56. The normalized spacial score (nSPS) is 22.9. The number of carbonyl (C=O) groups is 1. The highest BCUT2D eigenvalue weighted by Crippen LogP contribution is 2.42. The smallest absolute Gasteiger partial charge is 0.314 e. The van der Waals surface area contributed by atoms with Gasteiger partial charge in [-0.15, -0.1) is 10.1 Å². The lowest BCUT2D eigenvalue weighted by Gasteiger charge is -2.31. The van der Waals surface area contributed by atoms with Crippen LogP contribution in [0.15, 0.2) is 30.5 Å². The van der Waals surface area contributed by atoms with Crippen LogP contribution in [-0.2, 0) is 21.0 Å². The Hall–Kier alpha value is -2.71. The van der Waals surface area contributed by atoms with Crippen LogP contribution in [0.1, 0.15) is 41.3 Å². The number of nitrogens with zero attached hydrogens (tertiary/aromatic N) is 2. The van der Waals surface area contributed by atoms with Gasteiger partial charge in [0.05, 0.1) is 18.2 Å². The van der Waals surface area contributed by atoms with Crippen molar-refractivity contribution >= 4 is 17.6 Å². The number of fused-ring (bicyclic) bond motifs is 1. The lowest BCUT2D eigenvalue weighted by molar-refractivity contribution is -0.772. The monoisotopic (exact) mass is 404 g/mol. The van der Waals surface area contributed by atoms with E-state index in [1.54, 1.807) is 25.3 Å². The molecule has 1 fully saturated rings. The van der Waals surface area contributed by atoms with E-state index in [0.29, 0.717) is 23.1 Å². The molecule has 1 atom stereocenters. The van der Waals surface area contributed by atoms with E-state index in [2.05, 4.69) is 9.82 Å². The van der Waals surface area contributed by atoms with Crippen molar-refractivity contribution in [3.8, 4) is 5.75 Å². The average Bonchev–Trinajstić information content (AvgIpc) is 3.05. The highest BCUT2D eigenvalue weighted by Gasteiger charge is 2.39. The van der Waals surface area contributed by atoms with Gasteiger partial charge in [-0.25, -0.2) is 0 Å². The lowest BCUT2D eigenvalue weighted by Crippen LogP contribution is -2.39. The number of ether oxygens (including phenoxy) is 2. The minimum absolute atomic E-state index is 0.269. The zero-order valence-electron chi connectivity index (χ0n) is 15.0. The van der Waals surface area contributed by atoms with Crippen LogP contribution >= 0.6 is 11.6 Å². The Kier molecular flexibility index (Phi) is 4.91. The summed E-state index contributed by atoms with van der Waals surface area (Å²) in [6, 6.07) is 7.36. The van der Waals surface area contributed by atoms with Crippen LogP contribution in [0.5, 0.6) is 5.75 Å². The second kappa shape index (κ2) is 7.37. The molecule has 0 saturated heterocycles. The minimum Gasteiger partial charge on any atom is -0.424 e. The molecular formula is C19H17ClN2O6. The van der Waals surface area contributed by atoms with Gasteiger partial charge in [0.1, 0.15) is 12.2 Å². The fourth-order valence-electron chi connectivity index (χ4n) is 3.48. The van der Waals surface area contributed by atoms with Crippen LogP contribution in [0.25, 0.3) is 0 Å². The molecule has 2 heterocycles. The van der Waals surface area contributed by atoms with Crippen LogP contribution in [0.3, 0.4) is 0 Å². The Morgan fingerprint density at radius 1 is 1.32 bits per heavy atom. The fraction of sp³-hybridized carbons (Fsp3) is 0.368. The SMILES string of the molecule is Cc1ncc2c(c1OC(=O)[C@H]1C[C@@H](O[N+](=O)[O-])C1)COC2c1ccc(Cl)cc1. The van der Waals surface area contributed by atoms with Crippen molar-refractivity contribution in [2.24, 2.45) is 5.92 Å². The van der Waals surface area contributed by atoms with Crippen molar-refractivity contribution < 1.29 is 24.2 Å². The van der Waals surface area contributed by atoms with Crippen LogP contribution < -0.4 is 4.74 Å². The van der Waals surface area contributed by atoms with Crippen molar-refractivity contribution in [3.63, 3.8) is 0 Å². The highest BCUT2D eigenvalue weighted by atomic mass is 35.5. The first-order chi connectivity index (χ1) is 13.4. The molecule has 9 heteroatoms. The van der Waals surface area contributed by atoms with E-state index in [1.165, 1.54) is 0 Å². The maximum atomic E-state index is 12.4. The predicted molar refractivity (Wildman–Crippen MR) is 97.3 cm³/mol. The van der Waals surface area contributed by atoms with Gasteiger partial charge in [0, 0.05) is 22.3 Å². The zero-order valence-corrected chi connectivity index (χ0v) is 15.7. The molecule has 4 rings (SSSR count). The largest absolute Gasteiger partial charge is 0.424 e. The maximum Gasteiger partial charge on any atom is 0.314 e. The number of aryl methyl sites for hydroxylation is 1. The second-order valence-corrected chi connectivity index (χ2v) is 7.33. The molecule has 146 valence electrons. The summed E-state index contributed by atoms with van der Waals surface area (Å²) in [4.78, 5) is 31.6. The first kappa shape index (κ1) is 18.6. The molecule has 28 heavy (non-hydrogen) atoms. The third kappa shape index (κ3) is 3.53. The van der Waals surface area contributed by atoms with Gasteiger partial charge in [0.25, 0.3) is 5.09 Å². The number of carbonyl (C=O) groups excluding carboxylic acids is 1. The molecule has 1 aliphatic heterocycles. The Labute approximate surface area is 165 Å². The molecule has 1 unspecified atom stereocenters.